The zero-order valence-electron chi connectivity index (χ0n) is 16.4. The number of urea groups is 1. The van der Waals surface area contributed by atoms with Crippen molar-refractivity contribution in [1.82, 2.24) is 14.5 Å². The van der Waals surface area contributed by atoms with E-state index >= 15 is 0 Å². The van der Waals surface area contributed by atoms with Gasteiger partial charge in [0.1, 0.15) is 0 Å². The van der Waals surface area contributed by atoms with Crippen molar-refractivity contribution < 1.29 is 18.3 Å². The number of rotatable bonds is 6. The number of aliphatic hydroxyl groups excluding tert-OH is 1. The van der Waals surface area contributed by atoms with Crippen LogP contribution in [0.2, 0.25) is 0 Å². The number of hydrogen-bond donors (Lipinski definition) is 3. The highest BCUT2D eigenvalue weighted by atomic mass is 32.2. The number of aromatic nitrogens is 2. The zero-order valence-corrected chi connectivity index (χ0v) is 17.3. The summed E-state index contributed by atoms with van der Waals surface area (Å²) in [5, 5.41) is 16.2. The van der Waals surface area contributed by atoms with Crippen LogP contribution >= 0.6 is 0 Å². The van der Waals surface area contributed by atoms with E-state index in [4.69, 9.17) is 0 Å². The van der Waals surface area contributed by atoms with Gasteiger partial charge in [-0.3, -0.25) is 4.68 Å². The molecule has 2 aromatic rings. The number of carbonyl (C=O) groups is 1. The Morgan fingerprint density at radius 3 is 2.48 bits per heavy atom. The van der Waals surface area contributed by atoms with Crippen molar-refractivity contribution in [2.24, 2.45) is 0 Å². The van der Waals surface area contributed by atoms with Gasteiger partial charge in [0, 0.05) is 11.9 Å². The molecule has 1 aromatic carbocycles. The Labute approximate surface area is 170 Å². The van der Waals surface area contributed by atoms with Crippen LogP contribution in [0, 0.1) is 0 Å². The monoisotopic (exact) mass is 418 g/mol. The second-order valence-corrected chi connectivity index (χ2v) is 9.36. The van der Waals surface area contributed by atoms with Gasteiger partial charge in [0.15, 0.2) is 5.03 Å². The third-order valence-corrected chi connectivity index (χ3v) is 6.92. The van der Waals surface area contributed by atoms with E-state index in [1.54, 1.807) is 0 Å². The van der Waals surface area contributed by atoms with Crippen molar-refractivity contribution in [1.29, 1.82) is 0 Å². The molecular weight excluding hydrogens is 392 g/mol. The number of nitrogens with zero attached hydrogens (tertiary/aromatic N) is 2. The summed E-state index contributed by atoms with van der Waals surface area (Å²) in [5.74, 6) is 0. The zero-order chi connectivity index (χ0) is 20.6. The summed E-state index contributed by atoms with van der Waals surface area (Å²) in [6.07, 6.45) is 7.29. The maximum absolute atomic E-state index is 12.6. The van der Waals surface area contributed by atoms with Gasteiger partial charge in [-0.2, -0.15) is 13.5 Å². The van der Waals surface area contributed by atoms with Gasteiger partial charge in [0.2, 0.25) is 0 Å². The Balaban J connectivity index is 1.51. The fraction of sp³-hybridized carbons (Fsp3) is 0.500. The number of benzene rings is 1. The standard InChI is InChI=1S/C20H26N4O4S/c1-2-15(25)12-24-10-9-18(22-24)29(27,28)23-20(26)21-19-16-7-3-5-13(16)11-14-6-4-8-17(14)19/h9-11,15,25H,2-8,12H2,1H3,(H2,21,23,26)/t15-/m1/s1. The molecule has 0 aliphatic heterocycles. The molecule has 0 spiro atoms. The Morgan fingerprint density at radius 2 is 1.86 bits per heavy atom. The van der Waals surface area contributed by atoms with Gasteiger partial charge in [-0.1, -0.05) is 13.0 Å². The second kappa shape index (κ2) is 7.79. The van der Waals surface area contributed by atoms with E-state index in [2.05, 4.69) is 21.2 Å². The number of aliphatic hydroxyl groups is 1. The van der Waals surface area contributed by atoms with Crippen LogP contribution in [0.15, 0.2) is 23.4 Å². The van der Waals surface area contributed by atoms with Crippen LogP contribution in [0.1, 0.15) is 48.4 Å². The highest BCUT2D eigenvalue weighted by Crippen LogP contribution is 2.38. The molecule has 1 atom stereocenters. The summed E-state index contributed by atoms with van der Waals surface area (Å²) >= 11 is 0. The van der Waals surface area contributed by atoms with E-state index in [0.717, 1.165) is 55.3 Å². The van der Waals surface area contributed by atoms with Crippen molar-refractivity contribution >= 4 is 21.7 Å². The van der Waals surface area contributed by atoms with Crippen LogP contribution in [-0.4, -0.2) is 35.4 Å². The third kappa shape index (κ3) is 4.02. The Morgan fingerprint density at radius 1 is 1.21 bits per heavy atom. The number of nitrogens with one attached hydrogen (secondary N) is 2. The smallest absolute Gasteiger partial charge is 0.333 e. The quantitative estimate of drug-likeness (QED) is 0.665. The lowest BCUT2D eigenvalue weighted by atomic mass is 9.99. The topological polar surface area (TPSA) is 113 Å². The third-order valence-electron chi connectivity index (χ3n) is 5.70. The average Bonchev–Trinajstić information content (AvgIpc) is 3.41. The van der Waals surface area contributed by atoms with Crippen LogP contribution < -0.4 is 10.0 Å². The number of fused-ring (bicyclic) bond motifs is 2. The lowest BCUT2D eigenvalue weighted by Crippen LogP contribution is -2.35. The van der Waals surface area contributed by atoms with Crippen molar-refractivity contribution in [2.75, 3.05) is 5.32 Å². The first kappa shape index (κ1) is 19.9. The molecule has 1 heterocycles. The van der Waals surface area contributed by atoms with Crippen molar-refractivity contribution in [2.45, 2.75) is 69.5 Å². The molecule has 0 unspecified atom stereocenters. The van der Waals surface area contributed by atoms with Gasteiger partial charge in [-0.15, -0.1) is 0 Å². The molecule has 29 heavy (non-hydrogen) atoms. The predicted octanol–water partition coefficient (Wildman–Crippen LogP) is 2.14. The van der Waals surface area contributed by atoms with Gasteiger partial charge in [0.25, 0.3) is 10.0 Å². The maximum atomic E-state index is 12.6. The minimum absolute atomic E-state index is 0.195. The number of anilines is 1. The number of aryl methyl sites for hydroxylation is 2. The van der Waals surface area contributed by atoms with Gasteiger partial charge >= 0.3 is 6.03 Å². The van der Waals surface area contributed by atoms with Gasteiger partial charge < -0.3 is 10.4 Å². The fourth-order valence-electron chi connectivity index (χ4n) is 4.21. The van der Waals surface area contributed by atoms with Gasteiger partial charge in [-0.25, -0.2) is 9.52 Å². The van der Waals surface area contributed by atoms with Crippen LogP contribution in [0.25, 0.3) is 0 Å². The minimum Gasteiger partial charge on any atom is -0.391 e. The van der Waals surface area contributed by atoms with Crippen molar-refractivity contribution in [3.05, 3.63) is 40.6 Å². The molecule has 8 nitrogen and oxygen atoms in total. The first-order valence-corrected chi connectivity index (χ1v) is 11.6. The first-order chi connectivity index (χ1) is 13.9. The van der Waals surface area contributed by atoms with E-state index in [1.807, 2.05) is 6.92 Å². The molecule has 156 valence electrons. The molecular formula is C20H26N4O4S. The normalized spacial score (nSPS) is 16.3. The molecule has 0 bridgehead atoms. The summed E-state index contributed by atoms with van der Waals surface area (Å²) in [6, 6.07) is 2.79. The molecule has 1 aromatic heterocycles. The lowest BCUT2D eigenvalue weighted by molar-refractivity contribution is 0.144. The highest BCUT2D eigenvalue weighted by molar-refractivity contribution is 7.90. The van der Waals surface area contributed by atoms with E-state index < -0.39 is 22.2 Å². The lowest BCUT2D eigenvalue weighted by Gasteiger charge is -2.16. The van der Waals surface area contributed by atoms with E-state index in [0.29, 0.717) is 6.42 Å². The molecule has 4 rings (SSSR count). The SMILES string of the molecule is CC[C@@H](O)Cn1ccc(S(=O)(=O)NC(=O)Nc2c3c(cc4c2CCC4)CCC3)n1. The molecule has 2 aliphatic carbocycles. The molecule has 2 amide bonds. The number of carbonyl (C=O) groups excluding carboxylic acids is 1. The van der Waals surface area contributed by atoms with Crippen LogP contribution in [0.5, 0.6) is 0 Å². The molecule has 3 N–H and O–H groups in total. The molecule has 0 radical (unpaired) electrons. The summed E-state index contributed by atoms with van der Waals surface area (Å²) < 4.78 is 28.5. The summed E-state index contributed by atoms with van der Waals surface area (Å²) in [6.45, 7) is 2.02. The largest absolute Gasteiger partial charge is 0.391 e. The van der Waals surface area contributed by atoms with E-state index in [1.165, 1.54) is 28.1 Å². The molecule has 2 aliphatic rings. The van der Waals surface area contributed by atoms with E-state index in [-0.39, 0.29) is 11.6 Å². The summed E-state index contributed by atoms with van der Waals surface area (Å²) in [7, 11) is -4.11. The molecule has 0 saturated heterocycles. The van der Waals surface area contributed by atoms with Crippen LogP contribution in [-0.2, 0) is 42.3 Å². The number of amides is 2. The Hall–Kier alpha value is -2.39. The van der Waals surface area contributed by atoms with Crippen LogP contribution in [0.3, 0.4) is 0 Å². The van der Waals surface area contributed by atoms with Crippen LogP contribution in [0.4, 0.5) is 10.5 Å². The first-order valence-electron chi connectivity index (χ1n) is 10.1. The number of hydrogen-bond acceptors (Lipinski definition) is 5. The average molecular weight is 419 g/mol. The second-order valence-electron chi connectivity index (χ2n) is 7.73. The van der Waals surface area contributed by atoms with Gasteiger partial charge in [-0.05, 0) is 73.3 Å². The summed E-state index contributed by atoms with van der Waals surface area (Å²) in [5.41, 5.74) is 5.58. The predicted molar refractivity (Wildman–Crippen MR) is 108 cm³/mol. The molecule has 0 fully saturated rings. The molecule has 0 saturated carbocycles. The Kier molecular flexibility index (Phi) is 5.35. The van der Waals surface area contributed by atoms with Gasteiger partial charge in [0.05, 0.1) is 12.6 Å². The summed E-state index contributed by atoms with van der Waals surface area (Å²) in [4.78, 5) is 12.6. The Bertz CT molecular complexity index is 1010. The van der Waals surface area contributed by atoms with E-state index in [9.17, 15) is 18.3 Å². The van der Waals surface area contributed by atoms with Crippen molar-refractivity contribution in [3.8, 4) is 0 Å². The number of sulfonamides is 1. The highest BCUT2D eigenvalue weighted by Gasteiger charge is 2.27. The fourth-order valence-corrected chi connectivity index (χ4v) is 5.07. The minimum atomic E-state index is -4.11. The van der Waals surface area contributed by atoms with Crippen molar-refractivity contribution in [3.63, 3.8) is 0 Å². The molecule has 9 heteroatoms. The maximum Gasteiger partial charge on any atom is 0.333 e.